The maximum Gasteiger partial charge on any atom is 0.416 e. The Morgan fingerprint density at radius 3 is 2.48 bits per heavy atom. The van der Waals surface area contributed by atoms with E-state index in [0.29, 0.717) is 10.6 Å². The summed E-state index contributed by atoms with van der Waals surface area (Å²) in [5.41, 5.74) is 1.41. The topological polar surface area (TPSA) is 63.3 Å². The molecule has 0 amide bonds. The summed E-state index contributed by atoms with van der Waals surface area (Å²) in [6, 6.07) is 14.3. The number of nitrogens with one attached hydrogen (secondary N) is 1. The van der Waals surface area contributed by atoms with Crippen LogP contribution in [0.4, 0.5) is 18.9 Å². The highest BCUT2D eigenvalue weighted by atomic mass is 32.2. The number of hydrazone groups is 1. The van der Waals surface area contributed by atoms with Crippen LogP contribution < -0.4 is 10.6 Å². The lowest BCUT2D eigenvalue weighted by atomic mass is 10.2. The lowest BCUT2D eigenvalue weighted by Crippen LogP contribution is -2.04. The van der Waals surface area contributed by atoms with E-state index >= 15 is 0 Å². The van der Waals surface area contributed by atoms with Gasteiger partial charge in [0.2, 0.25) is 0 Å². The number of nitrogens with two attached hydrogens (primary N) is 1. The van der Waals surface area contributed by atoms with Crippen LogP contribution in [-0.4, -0.2) is 11.2 Å². The number of hydrogen-bond acceptors (Lipinski definition) is 5. The summed E-state index contributed by atoms with van der Waals surface area (Å²) in [4.78, 5) is 5.13. The van der Waals surface area contributed by atoms with Gasteiger partial charge in [-0.25, -0.2) is 4.98 Å². The van der Waals surface area contributed by atoms with Crippen molar-refractivity contribution in [1.29, 1.82) is 0 Å². The van der Waals surface area contributed by atoms with Crippen LogP contribution in [0.3, 0.4) is 0 Å². The maximum absolute atomic E-state index is 12.6. The Bertz CT molecular complexity index is 908. The number of fused-ring (bicyclic) bond motifs is 1. The molecule has 0 aliphatic carbocycles. The van der Waals surface area contributed by atoms with Crippen LogP contribution in [0.5, 0.6) is 0 Å². The van der Waals surface area contributed by atoms with Gasteiger partial charge in [-0.2, -0.15) is 18.3 Å². The second-order valence-corrected chi connectivity index (χ2v) is 6.00. The Labute approximate surface area is 146 Å². The predicted molar refractivity (Wildman–Crippen MR) is 94.4 cm³/mol. The zero-order valence-corrected chi connectivity index (χ0v) is 13.6. The fourth-order valence-corrected chi connectivity index (χ4v) is 2.88. The highest BCUT2D eigenvalue weighted by Crippen LogP contribution is 2.32. The molecular weight excluding hydrogens is 349 g/mol. The summed E-state index contributed by atoms with van der Waals surface area (Å²) in [7, 11) is 0. The average molecular weight is 362 g/mol. The molecule has 25 heavy (non-hydrogen) atoms. The number of alkyl halides is 3. The van der Waals surface area contributed by atoms with Crippen LogP contribution in [0.2, 0.25) is 0 Å². The third kappa shape index (κ3) is 4.03. The van der Waals surface area contributed by atoms with Gasteiger partial charge in [-0.15, -0.1) is 0 Å². The minimum absolute atomic E-state index is 0.615. The number of halogens is 3. The maximum atomic E-state index is 12.6. The van der Waals surface area contributed by atoms with E-state index in [-0.39, 0.29) is 0 Å². The van der Waals surface area contributed by atoms with E-state index in [4.69, 9.17) is 5.84 Å². The second kappa shape index (κ2) is 7.02. The van der Waals surface area contributed by atoms with Gasteiger partial charge < -0.3 is 10.6 Å². The molecule has 1 heterocycles. The average Bonchev–Trinajstić information content (AvgIpc) is 2.60. The summed E-state index contributed by atoms with van der Waals surface area (Å²) >= 11 is 1.21. The number of rotatable bonds is 4. The zero-order chi connectivity index (χ0) is 17.9. The fraction of sp³-hybridized carbons (Fsp3) is 0.0588. The van der Waals surface area contributed by atoms with Gasteiger partial charge in [-0.05, 0) is 48.3 Å². The van der Waals surface area contributed by atoms with Crippen molar-refractivity contribution in [2.24, 2.45) is 10.9 Å². The van der Waals surface area contributed by atoms with Crippen molar-refractivity contribution >= 4 is 34.8 Å². The van der Waals surface area contributed by atoms with E-state index in [2.05, 4.69) is 14.8 Å². The van der Waals surface area contributed by atoms with Gasteiger partial charge in [0.1, 0.15) is 0 Å². The van der Waals surface area contributed by atoms with Crippen LogP contribution in [-0.2, 0) is 6.18 Å². The highest BCUT2D eigenvalue weighted by Gasteiger charge is 2.29. The largest absolute Gasteiger partial charge is 0.416 e. The van der Waals surface area contributed by atoms with Crippen molar-refractivity contribution in [3.8, 4) is 0 Å². The third-order valence-corrected chi connectivity index (χ3v) is 4.24. The number of anilines is 1. The predicted octanol–water partition coefficient (Wildman–Crippen LogP) is 4.67. The molecule has 0 saturated heterocycles. The van der Waals surface area contributed by atoms with Gasteiger partial charge in [-0.1, -0.05) is 18.2 Å². The first-order valence-corrected chi connectivity index (χ1v) is 8.02. The van der Waals surface area contributed by atoms with Crippen molar-refractivity contribution < 1.29 is 13.2 Å². The number of para-hydroxylation sites is 1. The van der Waals surface area contributed by atoms with Gasteiger partial charge in [0, 0.05) is 10.3 Å². The van der Waals surface area contributed by atoms with Gasteiger partial charge in [-0.3, -0.25) is 0 Å². The standard InChI is InChI=1S/C17H13F3N4S/c18-17(19,20)12-5-8-14(9-6-12)25-24-15-3-1-2-11-4-7-13(10-22-21)23-16(11)15/h1-10,24H,21H2/b22-10+. The molecule has 3 N–H and O–H groups in total. The molecule has 128 valence electrons. The Kier molecular flexibility index (Phi) is 4.80. The fourth-order valence-electron chi connectivity index (χ4n) is 2.22. The molecule has 0 aliphatic heterocycles. The van der Waals surface area contributed by atoms with Gasteiger partial charge in [0.25, 0.3) is 0 Å². The first kappa shape index (κ1) is 17.1. The summed E-state index contributed by atoms with van der Waals surface area (Å²) in [6.45, 7) is 0. The Morgan fingerprint density at radius 1 is 1.04 bits per heavy atom. The molecule has 0 unspecified atom stereocenters. The molecule has 1 aromatic heterocycles. The minimum Gasteiger partial charge on any atom is -0.324 e. The Balaban J connectivity index is 1.82. The van der Waals surface area contributed by atoms with Crippen molar-refractivity contribution in [1.82, 2.24) is 4.98 Å². The Hall–Kier alpha value is -2.74. The van der Waals surface area contributed by atoms with Crippen LogP contribution in [0.15, 0.2) is 64.6 Å². The quantitative estimate of drug-likeness (QED) is 0.307. The first-order chi connectivity index (χ1) is 12.0. The monoisotopic (exact) mass is 362 g/mol. The number of aromatic nitrogens is 1. The lowest BCUT2D eigenvalue weighted by molar-refractivity contribution is -0.137. The smallest absolute Gasteiger partial charge is 0.324 e. The molecule has 0 radical (unpaired) electrons. The van der Waals surface area contributed by atoms with Crippen LogP contribution in [0.1, 0.15) is 11.3 Å². The molecule has 0 aliphatic rings. The lowest BCUT2D eigenvalue weighted by Gasteiger charge is -2.10. The second-order valence-electron chi connectivity index (χ2n) is 5.12. The van der Waals surface area contributed by atoms with Crippen molar-refractivity contribution in [3.05, 3.63) is 65.9 Å². The minimum atomic E-state index is -4.34. The molecule has 4 nitrogen and oxygen atoms in total. The van der Waals surface area contributed by atoms with Crippen LogP contribution in [0, 0.1) is 0 Å². The number of nitrogens with zero attached hydrogens (tertiary/aromatic N) is 2. The van der Waals surface area contributed by atoms with E-state index < -0.39 is 11.7 Å². The SMILES string of the molecule is N/N=C/c1ccc2cccc(NSc3ccc(C(F)(F)F)cc3)c2n1. The zero-order valence-electron chi connectivity index (χ0n) is 12.8. The van der Waals surface area contributed by atoms with Gasteiger partial charge in [0.15, 0.2) is 0 Å². The van der Waals surface area contributed by atoms with Crippen LogP contribution in [0.25, 0.3) is 10.9 Å². The highest BCUT2D eigenvalue weighted by molar-refractivity contribution is 8.00. The molecule has 8 heteroatoms. The molecule has 0 saturated carbocycles. The molecule has 3 aromatic rings. The van der Waals surface area contributed by atoms with E-state index in [0.717, 1.165) is 28.7 Å². The van der Waals surface area contributed by atoms with Crippen LogP contribution >= 0.6 is 11.9 Å². The molecule has 0 bridgehead atoms. The van der Waals surface area contributed by atoms with E-state index in [9.17, 15) is 13.2 Å². The first-order valence-electron chi connectivity index (χ1n) is 7.20. The third-order valence-electron chi connectivity index (χ3n) is 3.41. The van der Waals surface area contributed by atoms with E-state index in [1.165, 1.54) is 30.3 Å². The van der Waals surface area contributed by atoms with Crippen molar-refractivity contribution in [2.45, 2.75) is 11.1 Å². The van der Waals surface area contributed by atoms with Gasteiger partial charge >= 0.3 is 6.18 Å². The molecule has 0 fully saturated rings. The number of hydrogen-bond donors (Lipinski definition) is 2. The summed E-state index contributed by atoms with van der Waals surface area (Å²) in [5.74, 6) is 5.15. The summed E-state index contributed by atoms with van der Waals surface area (Å²) in [6.07, 6.45) is -2.89. The number of benzene rings is 2. The molecule has 2 aromatic carbocycles. The van der Waals surface area contributed by atoms with Crippen molar-refractivity contribution in [3.63, 3.8) is 0 Å². The van der Waals surface area contributed by atoms with Gasteiger partial charge in [0.05, 0.1) is 28.7 Å². The molecule has 0 atom stereocenters. The van der Waals surface area contributed by atoms with Crippen molar-refractivity contribution in [2.75, 3.05) is 4.72 Å². The normalized spacial score (nSPS) is 12.0. The molecular formula is C17H13F3N4S. The summed E-state index contributed by atoms with van der Waals surface area (Å²) in [5, 5.41) is 4.38. The molecule has 3 rings (SSSR count). The van der Waals surface area contributed by atoms with E-state index in [1.807, 2.05) is 24.3 Å². The molecule has 0 spiro atoms. The Morgan fingerprint density at radius 2 is 1.80 bits per heavy atom. The summed E-state index contributed by atoms with van der Waals surface area (Å²) < 4.78 is 40.9. The van der Waals surface area contributed by atoms with E-state index in [1.54, 1.807) is 6.07 Å². The number of pyridine rings is 1.